The van der Waals surface area contributed by atoms with Gasteiger partial charge >= 0.3 is 5.97 Å². The molecule has 0 saturated carbocycles. The second-order valence-electron chi connectivity index (χ2n) is 6.07. The first kappa shape index (κ1) is 16.1. The van der Waals surface area contributed by atoms with Gasteiger partial charge in [0.2, 0.25) is 5.95 Å². The Kier molecular flexibility index (Phi) is 4.01. The van der Waals surface area contributed by atoms with Crippen molar-refractivity contribution in [2.75, 3.05) is 12.4 Å². The van der Waals surface area contributed by atoms with Gasteiger partial charge in [-0.25, -0.2) is 9.48 Å². The third-order valence-corrected chi connectivity index (χ3v) is 4.53. The molecule has 2 aromatic carbocycles. The van der Waals surface area contributed by atoms with Crippen molar-refractivity contribution >= 4 is 11.9 Å². The molecule has 1 N–H and O–H groups in total. The molecule has 26 heavy (non-hydrogen) atoms. The number of hydrogen-bond acceptors (Lipinski definition) is 5. The number of esters is 1. The maximum absolute atomic E-state index is 12.4. The smallest absolute Gasteiger partial charge is 0.338 e. The van der Waals surface area contributed by atoms with Gasteiger partial charge in [0, 0.05) is 5.70 Å². The lowest BCUT2D eigenvalue weighted by molar-refractivity contribution is -0.136. The highest BCUT2D eigenvalue weighted by Gasteiger charge is 2.33. The highest BCUT2D eigenvalue weighted by atomic mass is 16.5. The van der Waals surface area contributed by atoms with Gasteiger partial charge in [-0.3, -0.25) is 0 Å². The van der Waals surface area contributed by atoms with Crippen LogP contribution in [-0.4, -0.2) is 27.8 Å². The van der Waals surface area contributed by atoms with Gasteiger partial charge in [0.1, 0.15) is 12.4 Å². The van der Waals surface area contributed by atoms with Crippen molar-refractivity contribution in [3.63, 3.8) is 0 Å². The van der Waals surface area contributed by atoms with E-state index in [9.17, 15) is 4.79 Å². The van der Waals surface area contributed by atoms with E-state index in [0.29, 0.717) is 11.5 Å². The van der Waals surface area contributed by atoms with Gasteiger partial charge in [-0.1, -0.05) is 54.6 Å². The molecule has 0 aliphatic carbocycles. The number of carbonyl (C=O) groups is 1. The minimum atomic E-state index is -0.383. The second kappa shape index (κ2) is 6.48. The molecule has 6 heteroatoms. The number of nitrogens with zero attached hydrogens (tertiary/aromatic N) is 3. The van der Waals surface area contributed by atoms with Crippen molar-refractivity contribution in [3.05, 3.63) is 77.8 Å². The van der Waals surface area contributed by atoms with Crippen LogP contribution in [0, 0.1) is 0 Å². The molecular formula is C20H18N4O2. The molecule has 3 aromatic rings. The number of aromatic nitrogens is 3. The summed E-state index contributed by atoms with van der Waals surface area (Å²) in [5.41, 5.74) is 4.44. The summed E-state index contributed by atoms with van der Waals surface area (Å²) in [6.07, 6.45) is 1.47. The zero-order chi connectivity index (χ0) is 18.1. The quantitative estimate of drug-likeness (QED) is 0.736. The van der Waals surface area contributed by atoms with Crippen LogP contribution >= 0.6 is 0 Å². The maximum Gasteiger partial charge on any atom is 0.338 e. The van der Waals surface area contributed by atoms with Crippen LogP contribution in [0.25, 0.3) is 11.1 Å². The number of fused-ring (bicyclic) bond motifs is 1. The predicted molar refractivity (Wildman–Crippen MR) is 98.4 cm³/mol. The normalized spacial score (nSPS) is 16.0. The van der Waals surface area contributed by atoms with E-state index in [1.165, 1.54) is 13.4 Å². The van der Waals surface area contributed by atoms with Crippen molar-refractivity contribution in [3.8, 4) is 11.1 Å². The average molecular weight is 346 g/mol. The van der Waals surface area contributed by atoms with Gasteiger partial charge in [-0.2, -0.15) is 10.1 Å². The third-order valence-electron chi connectivity index (χ3n) is 4.53. The summed E-state index contributed by atoms with van der Waals surface area (Å²) in [7, 11) is 1.38. The number of rotatable bonds is 3. The third kappa shape index (κ3) is 2.65. The Bertz CT molecular complexity index is 975. The predicted octanol–water partition coefficient (Wildman–Crippen LogP) is 3.41. The molecule has 1 aromatic heterocycles. The zero-order valence-corrected chi connectivity index (χ0v) is 14.5. The van der Waals surface area contributed by atoms with Gasteiger partial charge in [0.05, 0.1) is 12.7 Å². The highest BCUT2D eigenvalue weighted by Crippen LogP contribution is 2.35. The Morgan fingerprint density at radius 2 is 1.77 bits per heavy atom. The molecule has 0 radical (unpaired) electrons. The Labute approximate surface area is 151 Å². The fourth-order valence-electron chi connectivity index (χ4n) is 3.26. The molecule has 2 heterocycles. The lowest BCUT2D eigenvalue weighted by Gasteiger charge is -2.28. The van der Waals surface area contributed by atoms with Crippen molar-refractivity contribution < 1.29 is 9.53 Å². The number of ether oxygens (including phenoxy) is 1. The number of methoxy groups -OCH3 is 1. The average Bonchev–Trinajstić information content (AvgIpc) is 3.15. The van der Waals surface area contributed by atoms with Crippen molar-refractivity contribution in [2.45, 2.75) is 13.0 Å². The minimum absolute atomic E-state index is 0.381. The molecule has 1 aliphatic rings. The Balaban J connectivity index is 1.79. The molecule has 0 spiro atoms. The lowest BCUT2D eigenvalue weighted by atomic mass is 9.94. The summed E-state index contributed by atoms with van der Waals surface area (Å²) in [5.74, 6) is 0.223. The summed E-state index contributed by atoms with van der Waals surface area (Å²) in [6, 6.07) is 17.9. The van der Waals surface area contributed by atoms with Gasteiger partial charge in [-0.05, 0) is 23.6 Å². The summed E-state index contributed by atoms with van der Waals surface area (Å²) < 4.78 is 6.70. The molecule has 0 fully saturated rings. The van der Waals surface area contributed by atoms with E-state index in [1.807, 2.05) is 49.4 Å². The SMILES string of the molecule is COC(=O)C1=C(C)Nc2ncnn2C1c1ccc(-c2ccccc2)cc1. The van der Waals surface area contributed by atoms with Gasteiger partial charge in [0.15, 0.2) is 0 Å². The van der Waals surface area contributed by atoms with Gasteiger partial charge in [-0.15, -0.1) is 0 Å². The van der Waals surface area contributed by atoms with Crippen LogP contribution in [0.2, 0.25) is 0 Å². The lowest BCUT2D eigenvalue weighted by Crippen LogP contribution is -2.29. The number of anilines is 1. The standard InChI is InChI=1S/C20H18N4O2/c1-13-17(19(25)26-2)18(24-20(23-13)21-12-22-24)16-10-8-15(9-11-16)14-6-4-3-5-7-14/h3-12,18H,1-2H3,(H,21,22,23). The fourth-order valence-corrected chi connectivity index (χ4v) is 3.26. The van der Waals surface area contributed by atoms with Crippen molar-refractivity contribution in [1.82, 2.24) is 14.8 Å². The maximum atomic E-state index is 12.4. The zero-order valence-electron chi connectivity index (χ0n) is 14.5. The number of allylic oxidation sites excluding steroid dienone is 1. The number of hydrogen-bond donors (Lipinski definition) is 1. The van der Waals surface area contributed by atoms with E-state index < -0.39 is 0 Å². The first-order valence-corrected chi connectivity index (χ1v) is 8.30. The Hall–Kier alpha value is -3.41. The van der Waals surface area contributed by atoms with Crippen LogP contribution in [0.3, 0.4) is 0 Å². The van der Waals surface area contributed by atoms with Gasteiger partial charge < -0.3 is 10.1 Å². The number of benzene rings is 2. The van der Waals surface area contributed by atoms with E-state index in [0.717, 1.165) is 22.4 Å². The number of nitrogens with one attached hydrogen (secondary N) is 1. The monoisotopic (exact) mass is 346 g/mol. The highest BCUT2D eigenvalue weighted by molar-refractivity contribution is 5.92. The Morgan fingerprint density at radius 1 is 1.08 bits per heavy atom. The minimum Gasteiger partial charge on any atom is -0.466 e. The number of carbonyl (C=O) groups excluding carboxylic acids is 1. The van der Waals surface area contributed by atoms with Crippen LogP contribution in [0.15, 0.2) is 72.2 Å². The fraction of sp³-hybridized carbons (Fsp3) is 0.150. The summed E-state index contributed by atoms with van der Waals surface area (Å²) in [4.78, 5) is 16.6. The first-order chi connectivity index (χ1) is 12.7. The van der Waals surface area contributed by atoms with E-state index in [2.05, 4.69) is 27.5 Å². The molecule has 130 valence electrons. The molecule has 6 nitrogen and oxygen atoms in total. The molecule has 1 atom stereocenters. The summed E-state index contributed by atoms with van der Waals surface area (Å²) >= 11 is 0. The van der Waals surface area contributed by atoms with Crippen molar-refractivity contribution in [2.24, 2.45) is 0 Å². The van der Waals surface area contributed by atoms with Crippen molar-refractivity contribution in [1.29, 1.82) is 0 Å². The summed E-state index contributed by atoms with van der Waals surface area (Å²) in [6.45, 7) is 1.84. The molecule has 1 aliphatic heterocycles. The van der Waals surface area contributed by atoms with E-state index in [1.54, 1.807) is 4.68 Å². The second-order valence-corrected chi connectivity index (χ2v) is 6.07. The molecule has 0 bridgehead atoms. The van der Waals surface area contributed by atoms with Crippen LogP contribution in [-0.2, 0) is 9.53 Å². The first-order valence-electron chi connectivity index (χ1n) is 8.30. The topological polar surface area (TPSA) is 69.0 Å². The van der Waals surface area contributed by atoms with Gasteiger partial charge in [0.25, 0.3) is 0 Å². The van der Waals surface area contributed by atoms with Crippen LogP contribution in [0.1, 0.15) is 18.5 Å². The molecule has 4 rings (SSSR count). The van der Waals surface area contributed by atoms with E-state index in [4.69, 9.17) is 4.74 Å². The van der Waals surface area contributed by atoms with Crippen LogP contribution < -0.4 is 5.32 Å². The van der Waals surface area contributed by atoms with E-state index >= 15 is 0 Å². The van der Waals surface area contributed by atoms with Crippen LogP contribution in [0.5, 0.6) is 0 Å². The molecule has 0 saturated heterocycles. The largest absolute Gasteiger partial charge is 0.466 e. The summed E-state index contributed by atoms with van der Waals surface area (Å²) in [5, 5.41) is 7.41. The molecule has 0 amide bonds. The molecule has 1 unspecified atom stereocenters. The molecular weight excluding hydrogens is 328 g/mol. The van der Waals surface area contributed by atoms with E-state index in [-0.39, 0.29) is 12.0 Å². The van der Waals surface area contributed by atoms with Crippen LogP contribution in [0.4, 0.5) is 5.95 Å². The Morgan fingerprint density at radius 3 is 2.46 bits per heavy atom.